The molecule has 0 aliphatic rings. The van der Waals surface area contributed by atoms with Crippen LogP contribution in [0.2, 0.25) is 15.1 Å². The Morgan fingerprint density at radius 1 is 1.07 bits per heavy atom. The van der Waals surface area contributed by atoms with E-state index in [0.29, 0.717) is 44.5 Å². The summed E-state index contributed by atoms with van der Waals surface area (Å²) in [7, 11) is 0. The van der Waals surface area contributed by atoms with Crippen LogP contribution in [0.25, 0.3) is 11.5 Å². The van der Waals surface area contributed by atoms with Gasteiger partial charge >= 0.3 is 0 Å². The summed E-state index contributed by atoms with van der Waals surface area (Å²) in [5.74, 6) is 0.400. The predicted molar refractivity (Wildman–Crippen MR) is 106 cm³/mol. The second-order valence-electron chi connectivity index (χ2n) is 5.83. The Balaban J connectivity index is 1.83. The molecule has 1 heterocycles. The van der Waals surface area contributed by atoms with Crippen molar-refractivity contribution in [3.05, 3.63) is 69.0 Å². The monoisotopic (exact) mass is 423 g/mol. The largest absolute Gasteiger partial charge is 0.419 e. The van der Waals surface area contributed by atoms with Gasteiger partial charge < -0.3 is 9.32 Å². The quantitative estimate of drug-likeness (QED) is 0.505. The molecule has 0 aliphatic carbocycles. The zero-order valence-electron chi connectivity index (χ0n) is 14.5. The molecular weight excluding hydrogens is 409 g/mol. The zero-order valence-corrected chi connectivity index (χ0v) is 16.7. The lowest BCUT2D eigenvalue weighted by Gasteiger charge is -2.21. The van der Waals surface area contributed by atoms with Gasteiger partial charge in [-0.05, 0) is 36.8 Å². The number of nitrogens with zero attached hydrogens (tertiary/aromatic N) is 3. The van der Waals surface area contributed by atoms with Gasteiger partial charge in [0.15, 0.2) is 0 Å². The van der Waals surface area contributed by atoms with Crippen LogP contribution in [0.3, 0.4) is 0 Å². The van der Waals surface area contributed by atoms with Crippen molar-refractivity contribution >= 4 is 40.7 Å². The van der Waals surface area contributed by atoms with Crippen molar-refractivity contribution in [2.75, 3.05) is 6.54 Å². The molecule has 0 atom stereocenters. The van der Waals surface area contributed by atoms with Crippen molar-refractivity contribution in [1.29, 1.82) is 0 Å². The van der Waals surface area contributed by atoms with E-state index >= 15 is 0 Å². The number of carbonyl (C=O) groups is 1. The average molecular weight is 425 g/mol. The Kier molecular flexibility index (Phi) is 6.37. The Morgan fingerprint density at radius 2 is 1.85 bits per heavy atom. The van der Waals surface area contributed by atoms with E-state index in [4.69, 9.17) is 39.2 Å². The third-order valence-corrected chi connectivity index (χ3v) is 4.72. The van der Waals surface area contributed by atoms with Crippen LogP contribution in [0, 0.1) is 0 Å². The minimum atomic E-state index is -0.226. The highest BCUT2D eigenvalue weighted by Crippen LogP contribution is 2.27. The van der Waals surface area contributed by atoms with Gasteiger partial charge in [-0.3, -0.25) is 4.79 Å². The molecule has 8 heteroatoms. The van der Waals surface area contributed by atoms with E-state index in [1.807, 2.05) is 19.1 Å². The number of carbonyl (C=O) groups excluding carboxylic acids is 1. The standard InChI is InChI=1S/C19H16Cl3N3O2/c1-2-9-25(19(26)14-8-7-12(20)10-16(14)22)11-17-23-24-18(27-17)13-5-3-4-6-15(13)21/h3-8,10H,2,9,11H2,1H3. The third kappa shape index (κ3) is 4.61. The zero-order chi connectivity index (χ0) is 19.4. The summed E-state index contributed by atoms with van der Waals surface area (Å²) in [5.41, 5.74) is 1.02. The highest BCUT2D eigenvalue weighted by atomic mass is 35.5. The molecule has 3 rings (SSSR count). The fourth-order valence-electron chi connectivity index (χ4n) is 2.58. The molecule has 0 saturated carbocycles. The highest BCUT2D eigenvalue weighted by Gasteiger charge is 2.21. The summed E-state index contributed by atoms with van der Waals surface area (Å²) in [4.78, 5) is 14.5. The Morgan fingerprint density at radius 3 is 2.56 bits per heavy atom. The van der Waals surface area contributed by atoms with E-state index < -0.39 is 0 Å². The smallest absolute Gasteiger partial charge is 0.255 e. The fraction of sp³-hybridized carbons (Fsp3) is 0.211. The molecule has 5 nitrogen and oxygen atoms in total. The van der Waals surface area contributed by atoms with Crippen LogP contribution in [0.5, 0.6) is 0 Å². The van der Waals surface area contributed by atoms with Crippen molar-refractivity contribution < 1.29 is 9.21 Å². The molecule has 1 amide bonds. The molecule has 140 valence electrons. The van der Waals surface area contributed by atoms with Gasteiger partial charge in [-0.15, -0.1) is 10.2 Å². The van der Waals surface area contributed by atoms with Gasteiger partial charge in [-0.25, -0.2) is 0 Å². The van der Waals surface area contributed by atoms with Crippen LogP contribution in [-0.2, 0) is 6.54 Å². The van der Waals surface area contributed by atoms with Crippen molar-refractivity contribution in [2.24, 2.45) is 0 Å². The normalized spacial score (nSPS) is 10.8. The number of hydrogen-bond donors (Lipinski definition) is 0. The lowest BCUT2D eigenvalue weighted by molar-refractivity contribution is 0.0729. The third-order valence-electron chi connectivity index (χ3n) is 3.84. The molecule has 0 aliphatic heterocycles. The van der Waals surface area contributed by atoms with Crippen LogP contribution in [0.15, 0.2) is 46.9 Å². The van der Waals surface area contributed by atoms with Crippen LogP contribution in [0.1, 0.15) is 29.6 Å². The van der Waals surface area contributed by atoms with Gasteiger partial charge in [0.2, 0.25) is 11.8 Å². The Bertz CT molecular complexity index is 959. The van der Waals surface area contributed by atoms with Crippen LogP contribution >= 0.6 is 34.8 Å². The molecule has 0 bridgehead atoms. The summed E-state index contributed by atoms with van der Waals surface area (Å²) in [6.45, 7) is 2.66. The maximum Gasteiger partial charge on any atom is 0.255 e. The minimum Gasteiger partial charge on any atom is -0.419 e. The van der Waals surface area contributed by atoms with E-state index in [0.717, 1.165) is 6.42 Å². The molecule has 0 saturated heterocycles. The molecule has 0 unspecified atom stereocenters. The summed E-state index contributed by atoms with van der Waals surface area (Å²) < 4.78 is 5.71. The molecular formula is C19H16Cl3N3O2. The maximum absolute atomic E-state index is 12.9. The van der Waals surface area contributed by atoms with E-state index in [-0.39, 0.29) is 12.5 Å². The Labute approximate surface area is 171 Å². The Hall–Kier alpha value is -2.08. The summed E-state index contributed by atoms with van der Waals surface area (Å²) in [6, 6.07) is 12.0. The summed E-state index contributed by atoms with van der Waals surface area (Å²) in [6.07, 6.45) is 0.766. The second-order valence-corrected chi connectivity index (χ2v) is 7.08. The number of amides is 1. The first-order valence-electron chi connectivity index (χ1n) is 8.31. The van der Waals surface area contributed by atoms with Gasteiger partial charge in [0.1, 0.15) is 0 Å². The van der Waals surface area contributed by atoms with Gasteiger partial charge in [0.25, 0.3) is 5.91 Å². The number of halogens is 3. The van der Waals surface area contributed by atoms with E-state index in [9.17, 15) is 4.79 Å². The molecule has 3 aromatic rings. The van der Waals surface area contributed by atoms with E-state index in [1.165, 1.54) is 0 Å². The molecule has 2 aromatic carbocycles. The average Bonchev–Trinajstić information content (AvgIpc) is 3.09. The summed E-state index contributed by atoms with van der Waals surface area (Å²) >= 11 is 18.3. The SMILES string of the molecule is CCCN(Cc1nnc(-c2ccccc2Cl)o1)C(=O)c1ccc(Cl)cc1Cl. The first-order chi connectivity index (χ1) is 13.0. The van der Waals surface area contributed by atoms with E-state index in [1.54, 1.807) is 35.2 Å². The van der Waals surface area contributed by atoms with Crippen molar-refractivity contribution in [3.63, 3.8) is 0 Å². The number of aromatic nitrogens is 2. The highest BCUT2D eigenvalue weighted by molar-refractivity contribution is 6.36. The predicted octanol–water partition coefficient (Wildman–Crippen LogP) is 5.75. The van der Waals surface area contributed by atoms with Crippen LogP contribution in [-0.4, -0.2) is 27.5 Å². The molecule has 0 spiro atoms. The first kappa shape index (κ1) is 19.7. The minimum absolute atomic E-state index is 0.170. The topological polar surface area (TPSA) is 59.2 Å². The lowest BCUT2D eigenvalue weighted by atomic mass is 10.2. The molecule has 0 radical (unpaired) electrons. The van der Waals surface area contributed by atoms with Crippen LogP contribution < -0.4 is 0 Å². The van der Waals surface area contributed by atoms with Gasteiger partial charge in [0.05, 0.1) is 27.7 Å². The van der Waals surface area contributed by atoms with Crippen molar-refractivity contribution in [3.8, 4) is 11.5 Å². The lowest BCUT2D eigenvalue weighted by Crippen LogP contribution is -2.31. The van der Waals surface area contributed by atoms with Gasteiger partial charge in [-0.1, -0.05) is 53.9 Å². The van der Waals surface area contributed by atoms with E-state index in [2.05, 4.69) is 10.2 Å². The molecule has 0 fully saturated rings. The van der Waals surface area contributed by atoms with Crippen LogP contribution in [0.4, 0.5) is 0 Å². The first-order valence-corrected chi connectivity index (χ1v) is 9.44. The maximum atomic E-state index is 12.9. The van der Waals surface area contributed by atoms with Crippen molar-refractivity contribution in [2.45, 2.75) is 19.9 Å². The van der Waals surface area contributed by atoms with Gasteiger partial charge in [0, 0.05) is 11.6 Å². The van der Waals surface area contributed by atoms with Crippen molar-refractivity contribution in [1.82, 2.24) is 15.1 Å². The summed E-state index contributed by atoms with van der Waals surface area (Å²) in [5, 5.41) is 9.37. The molecule has 1 aromatic heterocycles. The van der Waals surface area contributed by atoms with Gasteiger partial charge in [-0.2, -0.15) is 0 Å². The fourth-order valence-corrected chi connectivity index (χ4v) is 3.29. The second kappa shape index (κ2) is 8.74. The number of rotatable bonds is 6. The molecule has 27 heavy (non-hydrogen) atoms. The number of benzene rings is 2. The molecule has 0 N–H and O–H groups in total. The number of hydrogen-bond acceptors (Lipinski definition) is 4.